The second kappa shape index (κ2) is 2.54. The fraction of sp³-hybridized carbons (Fsp3) is 0.0909. The van der Waals surface area contributed by atoms with Crippen molar-refractivity contribution in [3.63, 3.8) is 0 Å². The summed E-state index contributed by atoms with van der Waals surface area (Å²) in [6.45, 7) is 0. The second-order valence-corrected chi connectivity index (χ2v) is 3.33. The van der Waals surface area contributed by atoms with Crippen LogP contribution in [0.2, 0.25) is 0 Å². The van der Waals surface area contributed by atoms with Gasteiger partial charge in [-0.2, -0.15) is 0 Å². The number of hydrogen-bond acceptors (Lipinski definition) is 2. The van der Waals surface area contributed by atoms with Gasteiger partial charge in [-0.05, 0) is 24.1 Å². The maximum absolute atomic E-state index is 11.5. The first-order valence-corrected chi connectivity index (χ1v) is 4.52. The summed E-state index contributed by atoms with van der Waals surface area (Å²) < 4.78 is 1.65. The number of pyridine rings is 2. The number of rotatable bonds is 0. The van der Waals surface area contributed by atoms with Crippen LogP contribution in [0.3, 0.4) is 0 Å². The van der Waals surface area contributed by atoms with Crippen molar-refractivity contribution < 1.29 is 0 Å². The second-order valence-electron chi connectivity index (χ2n) is 3.33. The zero-order valence-electron chi connectivity index (χ0n) is 7.47. The molecule has 68 valence electrons. The topological polar surface area (TPSA) is 34.9 Å². The summed E-state index contributed by atoms with van der Waals surface area (Å²) in [7, 11) is 0. The molecule has 0 N–H and O–H groups in total. The Morgan fingerprint density at radius 1 is 1.29 bits per heavy atom. The third-order valence-corrected chi connectivity index (χ3v) is 2.49. The highest BCUT2D eigenvalue weighted by atomic mass is 16.1. The molecule has 3 rings (SSSR count). The monoisotopic (exact) mass is 184 g/mol. The fourth-order valence-electron chi connectivity index (χ4n) is 1.85. The van der Waals surface area contributed by atoms with Crippen LogP contribution in [0.1, 0.15) is 5.56 Å². The van der Waals surface area contributed by atoms with Crippen molar-refractivity contribution in [3.05, 3.63) is 46.4 Å². The summed E-state index contributed by atoms with van der Waals surface area (Å²) in [4.78, 5) is 15.8. The van der Waals surface area contributed by atoms with Crippen molar-refractivity contribution in [3.8, 4) is 0 Å². The molecule has 2 aromatic heterocycles. The van der Waals surface area contributed by atoms with Gasteiger partial charge in [-0.25, -0.2) is 0 Å². The smallest absolute Gasteiger partial charge is 0.255 e. The van der Waals surface area contributed by atoms with Crippen molar-refractivity contribution in [1.82, 2.24) is 9.55 Å². The summed E-state index contributed by atoms with van der Waals surface area (Å²) >= 11 is 0. The Hall–Kier alpha value is -1.90. The summed E-state index contributed by atoms with van der Waals surface area (Å²) in [5.74, 6) is 0. The third kappa shape index (κ3) is 0.865. The van der Waals surface area contributed by atoms with Crippen molar-refractivity contribution in [1.29, 1.82) is 0 Å². The van der Waals surface area contributed by atoms with Gasteiger partial charge in [0, 0.05) is 18.5 Å². The summed E-state index contributed by atoms with van der Waals surface area (Å²) in [5, 5.41) is 0. The van der Waals surface area contributed by atoms with Crippen LogP contribution in [0.4, 0.5) is 0 Å². The van der Waals surface area contributed by atoms with E-state index in [1.807, 2.05) is 18.3 Å². The predicted molar refractivity (Wildman–Crippen MR) is 55.0 cm³/mol. The van der Waals surface area contributed by atoms with Crippen LogP contribution >= 0.6 is 0 Å². The van der Waals surface area contributed by atoms with Crippen LogP contribution in [0.25, 0.3) is 17.2 Å². The largest absolute Gasteiger partial charge is 0.282 e. The van der Waals surface area contributed by atoms with E-state index in [2.05, 4.69) is 4.98 Å². The maximum Gasteiger partial charge on any atom is 0.255 e. The van der Waals surface area contributed by atoms with Crippen LogP contribution in [-0.2, 0) is 6.42 Å². The highest BCUT2D eigenvalue weighted by Gasteiger charge is 2.09. The van der Waals surface area contributed by atoms with E-state index in [1.54, 1.807) is 22.9 Å². The zero-order chi connectivity index (χ0) is 9.54. The maximum atomic E-state index is 11.5. The van der Waals surface area contributed by atoms with E-state index in [1.165, 1.54) is 0 Å². The normalized spacial score (nSPS) is 13.4. The molecule has 1 aliphatic rings. The predicted octanol–water partition coefficient (Wildman–Crippen LogP) is 1.42. The van der Waals surface area contributed by atoms with E-state index in [0.29, 0.717) is 0 Å². The molecule has 0 atom stereocenters. The van der Waals surface area contributed by atoms with Crippen LogP contribution in [0.15, 0.2) is 35.3 Å². The molecule has 0 bridgehead atoms. The Balaban J connectivity index is 2.63. The molecular formula is C11H8N2O. The van der Waals surface area contributed by atoms with Gasteiger partial charge in [-0.3, -0.25) is 14.3 Å². The molecule has 0 unspecified atom stereocenters. The molecule has 0 saturated heterocycles. The summed E-state index contributed by atoms with van der Waals surface area (Å²) in [5.41, 5.74) is 2.99. The third-order valence-electron chi connectivity index (χ3n) is 2.49. The van der Waals surface area contributed by atoms with Crippen LogP contribution < -0.4 is 5.56 Å². The quantitative estimate of drug-likeness (QED) is 0.620. The van der Waals surface area contributed by atoms with Crippen molar-refractivity contribution in [2.24, 2.45) is 0 Å². The van der Waals surface area contributed by atoms with E-state index in [4.69, 9.17) is 0 Å². The minimum atomic E-state index is 0.00250. The first-order valence-electron chi connectivity index (χ1n) is 4.52. The van der Waals surface area contributed by atoms with Crippen LogP contribution in [-0.4, -0.2) is 9.55 Å². The molecule has 3 heteroatoms. The summed E-state index contributed by atoms with van der Waals surface area (Å²) in [6.07, 6.45) is 6.47. The molecule has 0 saturated carbocycles. The first-order chi connectivity index (χ1) is 6.86. The van der Waals surface area contributed by atoms with Gasteiger partial charge in [0.15, 0.2) is 0 Å². The van der Waals surface area contributed by atoms with Gasteiger partial charge in [0.2, 0.25) is 0 Å². The lowest BCUT2D eigenvalue weighted by Crippen LogP contribution is -2.17. The van der Waals surface area contributed by atoms with E-state index in [-0.39, 0.29) is 5.56 Å². The minimum Gasteiger partial charge on any atom is -0.282 e. The fourth-order valence-corrected chi connectivity index (χ4v) is 1.85. The molecule has 14 heavy (non-hydrogen) atoms. The number of nitrogens with zero attached hydrogens (tertiary/aromatic N) is 2. The molecule has 2 aromatic rings. The molecule has 1 aliphatic heterocycles. The number of hydrogen-bond donors (Lipinski definition) is 0. The molecule has 0 amide bonds. The molecule has 0 aromatic carbocycles. The molecule has 0 radical (unpaired) electrons. The van der Waals surface area contributed by atoms with E-state index >= 15 is 0 Å². The Morgan fingerprint density at radius 2 is 2.21 bits per heavy atom. The Bertz CT molecular complexity index is 596. The molecular weight excluding hydrogens is 176 g/mol. The first kappa shape index (κ1) is 7.50. The van der Waals surface area contributed by atoms with Crippen molar-refractivity contribution in [2.45, 2.75) is 6.42 Å². The summed E-state index contributed by atoms with van der Waals surface area (Å²) in [6, 6.07) is 5.29. The van der Waals surface area contributed by atoms with E-state index in [9.17, 15) is 4.79 Å². The van der Waals surface area contributed by atoms with Gasteiger partial charge in [0.25, 0.3) is 5.56 Å². The van der Waals surface area contributed by atoms with Gasteiger partial charge >= 0.3 is 0 Å². The van der Waals surface area contributed by atoms with Gasteiger partial charge in [-0.1, -0.05) is 6.08 Å². The van der Waals surface area contributed by atoms with Gasteiger partial charge in [-0.15, -0.1) is 0 Å². The van der Waals surface area contributed by atoms with Crippen molar-refractivity contribution in [2.75, 3.05) is 0 Å². The average Bonchev–Trinajstić information content (AvgIpc) is 2.24. The van der Waals surface area contributed by atoms with Gasteiger partial charge in [0.05, 0.1) is 11.0 Å². The highest BCUT2D eigenvalue weighted by Crippen LogP contribution is 2.19. The Kier molecular flexibility index (Phi) is 1.36. The lowest BCUT2D eigenvalue weighted by Gasteiger charge is -2.12. The van der Waals surface area contributed by atoms with Crippen LogP contribution in [0, 0.1) is 0 Å². The minimum absolute atomic E-state index is 0.00250. The standard InChI is InChI=1S/C11H8N2O/c14-10-4-3-9-11-8(5-6-12-9)2-1-7-13(10)11/h1,3-7H,2H2. The molecule has 0 fully saturated rings. The molecule has 0 spiro atoms. The van der Waals surface area contributed by atoms with Crippen LogP contribution in [0.5, 0.6) is 0 Å². The molecule has 3 nitrogen and oxygen atoms in total. The van der Waals surface area contributed by atoms with Gasteiger partial charge in [0.1, 0.15) is 0 Å². The highest BCUT2D eigenvalue weighted by molar-refractivity contribution is 5.81. The van der Waals surface area contributed by atoms with Crippen molar-refractivity contribution >= 4 is 17.2 Å². The lowest BCUT2D eigenvalue weighted by molar-refractivity contribution is 1.05. The Morgan fingerprint density at radius 3 is 3.14 bits per heavy atom. The van der Waals surface area contributed by atoms with E-state index < -0.39 is 0 Å². The van der Waals surface area contributed by atoms with Gasteiger partial charge < -0.3 is 0 Å². The SMILES string of the molecule is O=c1ccc2nccc3c2n1C=CC3. The van der Waals surface area contributed by atoms with E-state index in [0.717, 1.165) is 23.0 Å². The Labute approximate surface area is 80.3 Å². The average molecular weight is 184 g/mol. The molecule has 0 aliphatic carbocycles. The molecule has 3 heterocycles. The number of allylic oxidation sites excluding steroid dienone is 1. The zero-order valence-corrected chi connectivity index (χ0v) is 7.47. The lowest BCUT2D eigenvalue weighted by atomic mass is 10.1. The number of aromatic nitrogens is 2.